The summed E-state index contributed by atoms with van der Waals surface area (Å²) < 4.78 is 5.44. The largest absolute Gasteiger partial charge is 0.481 e. The Hall–Kier alpha value is -5.44. The van der Waals surface area contributed by atoms with Crippen molar-refractivity contribution in [2.75, 3.05) is 9.80 Å². The van der Waals surface area contributed by atoms with Gasteiger partial charge >= 0.3 is 12.1 Å². The second kappa shape index (κ2) is 13.0. The number of anilines is 3. The number of aliphatic carboxylic acids is 1. The monoisotopic (exact) mass is 647 g/mol. The number of para-hydroxylation sites is 2. The van der Waals surface area contributed by atoms with Gasteiger partial charge in [-0.1, -0.05) is 78.9 Å². The lowest BCUT2D eigenvalue weighted by Gasteiger charge is -2.32. The predicted molar refractivity (Wildman–Crippen MR) is 186 cm³/mol. The minimum Gasteiger partial charge on any atom is -0.481 e. The van der Waals surface area contributed by atoms with Gasteiger partial charge < -0.3 is 20.1 Å². The molecule has 0 spiro atoms. The van der Waals surface area contributed by atoms with Gasteiger partial charge in [-0.25, -0.2) is 4.79 Å². The summed E-state index contributed by atoms with van der Waals surface area (Å²) in [7, 11) is 0. The van der Waals surface area contributed by atoms with E-state index in [2.05, 4.69) is 5.32 Å². The zero-order valence-corrected chi connectivity index (χ0v) is 28.1. The number of carboxylic acid groups (broad SMARTS) is 1. The first-order valence-corrected chi connectivity index (χ1v) is 15.8. The first-order valence-electron chi connectivity index (χ1n) is 15.8. The Morgan fingerprint density at radius 3 is 1.90 bits per heavy atom. The number of carboxylic acids is 1. The molecule has 0 aliphatic carbocycles. The summed E-state index contributed by atoms with van der Waals surface area (Å²) in [5.74, 6) is -2.51. The highest BCUT2D eigenvalue weighted by Crippen LogP contribution is 2.45. The molecule has 0 radical (unpaired) electrons. The molecule has 1 unspecified atom stereocenters. The van der Waals surface area contributed by atoms with Crippen molar-refractivity contribution in [2.45, 2.75) is 65.6 Å². The molecule has 1 atom stereocenters. The molecule has 0 aromatic heterocycles. The number of carbonyl (C=O) groups excluding carboxylic acids is 3. The lowest BCUT2D eigenvalue weighted by atomic mass is 9.83. The molecular weight excluding hydrogens is 606 g/mol. The summed E-state index contributed by atoms with van der Waals surface area (Å²) in [4.78, 5) is 56.5. The van der Waals surface area contributed by atoms with Crippen molar-refractivity contribution in [2.24, 2.45) is 5.41 Å². The number of carbonyl (C=O) groups is 4. The van der Waals surface area contributed by atoms with Gasteiger partial charge in [0.15, 0.2) is 0 Å². The molecule has 0 saturated carbocycles. The van der Waals surface area contributed by atoms with Gasteiger partial charge in [0, 0.05) is 5.69 Å². The number of rotatable bonds is 8. The van der Waals surface area contributed by atoms with Crippen molar-refractivity contribution in [3.05, 3.63) is 114 Å². The van der Waals surface area contributed by atoms with Crippen molar-refractivity contribution in [1.82, 2.24) is 5.32 Å². The van der Waals surface area contributed by atoms with Crippen molar-refractivity contribution in [3.8, 4) is 11.1 Å². The van der Waals surface area contributed by atoms with Crippen molar-refractivity contribution < 1.29 is 29.0 Å². The van der Waals surface area contributed by atoms with Crippen LogP contribution in [0.25, 0.3) is 11.1 Å². The van der Waals surface area contributed by atoms with Crippen LogP contribution in [0.1, 0.15) is 59.1 Å². The minimum atomic E-state index is -1.91. The van der Waals surface area contributed by atoms with Crippen LogP contribution >= 0.6 is 0 Å². The van der Waals surface area contributed by atoms with E-state index in [1.807, 2.05) is 68.4 Å². The molecule has 1 aliphatic rings. The van der Waals surface area contributed by atoms with E-state index in [1.54, 1.807) is 69.3 Å². The number of nitrogens with one attached hydrogen (secondary N) is 1. The molecule has 4 aromatic carbocycles. The second-order valence-corrected chi connectivity index (χ2v) is 13.8. The first kappa shape index (κ1) is 33.9. The van der Waals surface area contributed by atoms with Crippen LogP contribution in [0.3, 0.4) is 0 Å². The Morgan fingerprint density at radius 2 is 1.31 bits per heavy atom. The minimum absolute atomic E-state index is 0.130. The maximum absolute atomic E-state index is 14.5. The Kier molecular flexibility index (Phi) is 9.17. The van der Waals surface area contributed by atoms with Crippen LogP contribution in [0.2, 0.25) is 0 Å². The third kappa shape index (κ3) is 7.10. The van der Waals surface area contributed by atoms with Gasteiger partial charge in [-0.2, -0.15) is 0 Å². The van der Waals surface area contributed by atoms with E-state index in [1.165, 1.54) is 16.7 Å². The maximum Gasteiger partial charge on any atom is 0.408 e. The molecule has 2 N–H and O–H groups in total. The van der Waals surface area contributed by atoms with Crippen molar-refractivity contribution in [1.29, 1.82) is 0 Å². The first-order chi connectivity index (χ1) is 22.6. The zero-order valence-electron chi connectivity index (χ0n) is 28.1. The Balaban J connectivity index is 1.53. The van der Waals surface area contributed by atoms with Gasteiger partial charge in [0.05, 0.1) is 29.9 Å². The van der Waals surface area contributed by atoms with Gasteiger partial charge in [0.1, 0.15) is 11.0 Å². The van der Waals surface area contributed by atoms with Crippen LogP contribution in [0.15, 0.2) is 103 Å². The van der Waals surface area contributed by atoms with Gasteiger partial charge in [0.2, 0.25) is 11.8 Å². The fourth-order valence-corrected chi connectivity index (χ4v) is 5.88. The van der Waals surface area contributed by atoms with Crippen molar-refractivity contribution in [3.63, 3.8) is 0 Å². The molecule has 1 aliphatic heterocycles. The van der Waals surface area contributed by atoms with Gasteiger partial charge in [-0.15, -0.1) is 0 Å². The van der Waals surface area contributed by atoms with E-state index >= 15 is 0 Å². The number of hydrogen-bond acceptors (Lipinski definition) is 5. The van der Waals surface area contributed by atoms with Gasteiger partial charge in [-0.05, 0) is 88.1 Å². The number of nitrogens with zero attached hydrogens (tertiary/aromatic N) is 2. The molecule has 4 aromatic rings. The molecule has 5 rings (SSSR count). The number of fused-ring (bicyclic) bond motifs is 1. The average Bonchev–Trinajstić information content (AvgIpc) is 3.08. The highest BCUT2D eigenvalue weighted by atomic mass is 16.6. The van der Waals surface area contributed by atoms with Crippen LogP contribution < -0.4 is 15.1 Å². The molecular formula is C39H41N3O6. The standard InChI is InChI=1S/C39H41N3O6/c1-37(2,3)48-36(47)40-38(4,5)29-20-22-30(23-21-29)42-32-15-11-10-14-31(32)41(34(45)39(6,35(42)46)24-33(43)44)25-26-16-18-28(19-17-26)27-12-8-7-9-13-27/h7-23H,24-25H2,1-6H3,(H,40,47)(H,43,44). The summed E-state index contributed by atoms with van der Waals surface area (Å²) in [6.45, 7) is 10.6. The number of benzene rings is 4. The van der Waals surface area contributed by atoms with Crippen LogP contribution in [0, 0.1) is 5.41 Å². The molecule has 0 bridgehead atoms. The average molecular weight is 648 g/mol. The van der Waals surface area contributed by atoms with E-state index in [-0.39, 0.29) is 6.54 Å². The third-order valence-electron chi connectivity index (χ3n) is 8.37. The smallest absolute Gasteiger partial charge is 0.408 e. The summed E-state index contributed by atoms with van der Waals surface area (Å²) in [6, 6.07) is 31.9. The normalized spacial score (nSPS) is 16.6. The molecule has 0 fully saturated rings. The van der Waals surface area contributed by atoms with Crippen LogP contribution in [-0.4, -0.2) is 34.6 Å². The Labute approximate surface area is 281 Å². The van der Waals surface area contributed by atoms with Crippen LogP contribution in [-0.2, 0) is 31.2 Å². The lowest BCUT2D eigenvalue weighted by Crippen LogP contribution is -2.50. The molecule has 248 valence electrons. The molecule has 3 amide bonds. The Morgan fingerprint density at radius 1 is 0.750 bits per heavy atom. The highest BCUT2D eigenvalue weighted by Gasteiger charge is 2.51. The van der Waals surface area contributed by atoms with E-state index in [9.17, 15) is 24.3 Å². The number of hydrogen-bond donors (Lipinski definition) is 2. The summed E-state index contributed by atoms with van der Waals surface area (Å²) in [6.07, 6.45) is -1.25. The number of ether oxygens (including phenoxy) is 1. The predicted octanol–water partition coefficient (Wildman–Crippen LogP) is 7.81. The van der Waals surface area contributed by atoms with Crippen LogP contribution in [0.5, 0.6) is 0 Å². The quantitative estimate of drug-likeness (QED) is 0.189. The highest BCUT2D eigenvalue weighted by molar-refractivity contribution is 6.23. The Bertz CT molecular complexity index is 1830. The molecule has 9 heteroatoms. The summed E-state index contributed by atoms with van der Waals surface area (Å²) in [5, 5.41) is 12.8. The van der Waals surface area contributed by atoms with Gasteiger partial charge in [-0.3, -0.25) is 19.3 Å². The molecule has 9 nitrogen and oxygen atoms in total. The fraction of sp³-hybridized carbons (Fsp3) is 0.282. The third-order valence-corrected chi connectivity index (χ3v) is 8.37. The molecule has 1 heterocycles. The zero-order chi connectivity index (χ0) is 34.9. The lowest BCUT2D eigenvalue weighted by molar-refractivity contribution is -0.149. The van der Waals surface area contributed by atoms with Crippen molar-refractivity contribution >= 4 is 40.9 Å². The van der Waals surface area contributed by atoms with E-state index in [0.29, 0.717) is 17.1 Å². The van der Waals surface area contributed by atoms with Crippen LogP contribution in [0.4, 0.5) is 21.9 Å². The molecule has 0 saturated heterocycles. The maximum atomic E-state index is 14.5. The SMILES string of the molecule is CC(C)(C)OC(=O)NC(C)(C)c1ccc(N2C(=O)C(C)(CC(=O)O)C(=O)N(Cc3ccc(-c4ccccc4)cc3)c3ccccc32)cc1. The topological polar surface area (TPSA) is 116 Å². The summed E-state index contributed by atoms with van der Waals surface area (Å²) >= 11 is 0. The van der Waals surface area contributed by atoms with E-state index in [0.717, 1.165) is 22.3 Å². The van der Waals surface area contributed by atoms with Gasteiger partial charge in [0.25, 0.3) is 0 Å². The number of amides is 3. The molecule has 48 heavy (non-hydrogen) atoms. The fourth-order valence-electron chi connectivity index (χ4n) is 5.88. The second-order valence-electron chi connectivity index (χ2n) is 13.8. The summed E-state index contributed by atoms with van der Waals surface area (Å²) in [5.41, 5.74) is 1.63. The van der Waals surface area contributed by atoms with E-state index in [4.69, 9.17) is 4.74 Å². The number of alkyl carbamates (subject to hydrolysis) is 1. The van der Waals surface area contributed by atoms with E-state index < -0.39 is 46.9 Å².